The van der Waals surface area contributed by atoms with Gasteiger partial charge in [0.25, 0.3) is 0 Å². The van der Waals surface area contributed by atoms with Gasteiger partial charge < -0.3 is 5.32 Å². The van der Waals surface area contributed by atoms with Crippen LogP contribution in [0.4, 0.5) is 0 Å². The van der Waals surface area contributed by atoms with Crippen LogP contribution in [0.25, 0.3) is 0 Å². The highest BCUT2D eigenvalue weighted by Crippen LogP contribution is 2.37. The van der Waals surface area contributed by atoms with Crippen LogP contribution in [0.2, 0.25) is 9.36 Å². The minimum Gasteiger partial charge on any atom is -0.309 e. The molecule has 2 aromatic rings. The third-order valence-corrected chi connectivity index (χ3v) is 5.12. The minimum atomic E-state index is 0.616. The lowest BCUT2D eigenvalue weighted by atomic mass is 9.76. The van der Waals surface area contributed by atoms with Gasteiger partial charge in [0.15, 0.2) is 0 Å². The van der Waals surface area contributed by atoms with E-state index >= 15 is 0 Å². The first-order chi connectivity index (χ1) is 9.20. The van der Waals surface area contributed by atoms with E-state index in [2.05, 4.69) is 23.5 Å². The molecular weight excluding hydrogens is 297 g/mol. The third kappa shape index (κ3) is 3.32. The van der Waals surface area contributed by atoms with Crippen LogP contribution in [0.3, 0.4) is 0 Å². The Labute approximate surface area is 127 Å². The molecule has 0 bridgehead atoms. The first-order valence-electron chi connectivity index (χ1n) is 6.44. The van der Waals surface area contributed by atoms with E-state index < -0.39 is 0 Å². The summed E-state index contributed by atoms with van der Waals surface area (Å²) < 4.78 is 0.863. The Balaban J connectivity index is 1.48. The summed E-state index contributed by atoms with van der Waals surface area (Å²) in [6.07, 6.45) is 2.39. The van der Waals surface area contributed by atoms with Gasteiger partial charge in [-0.2, -0.15) is 0 Å². The topological polar surface area (TPSA) is 12.0 Å². The van der Waals surface area contributed by atoms with Crippen molar-refractivity contribution < 1.29 is 0 Å². The summed E-state index contributed by atoms with van der Waals surface area (Å²) in [5.74, 6) is 0.656. The predicted molar refractivity (Wildman–Crippen MR) is 83.4 cm³/mol. The van der Waals surface area contributed by atoms with Gasteiger partial charge in [0.1, 0.15) is 0 Å². The third-order valence-electron chi connectivity index (χ3n) is 3.65. The van der Waals surface area contributed by atoms with Crippen LogP contribution >= 0.6 is 34.5 Å². The van der Waals surface area contributed by atoms with Crippen molar-refractivity contribution in [2.45, 2.75) is 31.3 Å². The molecular formula is C15H15Cl2NS. The van der Waals surface area contributed by atoms with Gasteiger partial charge in [0.05, 0.1) is 4.34 Å². The van der Waals surface area contributed by atoms with E-state index in [4.69, 9.17) is 23.2 Å². The number of thiophene rings is 1. The van der Waals surface area contributed by atoms with Gasteiger partial charge in [-0.15, -0.1) is 11.3 Å². The van der Waals surface area contributed by atoms with Crippen LogP contribution in [0.1, 0.15) is 29.2 Å². The first kappa shape index (κ1) is 13.4. The highest BCUT2D eigenvalue weighted by Gasteiger charge is 2.29. The Hall–Kier alpha value is -0.540. The second-order valence-electron chi connectivity index (χ2n) is 5.01. The molecule has 100 valence electrons. The number of halogens is 2. The Morgan fingerprint density at radius 1 is 1.16 bits per heavy atom. The van der Waals surface area contributed by atoms with Gasteiger partial charge in [-0.05, 0) is 48.6 Å². The van der Waals surface area contributed by atoms with Crippen LogP contribution < -0.4 is 5.32 Å². The van der Waals surface area contributed by atoms with E-state index in [1.54, 1.807) is 11.3 Å². The van der Waals surface area contributed by atoms with Gasteiger partial charge >= 0.3 is 0 Å². The Kier molecular flexibility index (Phi) is 4.13. The number of hydrogen-bond donors (Lipinski definition) is 1. The molecule has 1 aromatic carbocycles. The summed E-state index contributed by atoms with van der Waals surface area (Å²) in [7, 11) is 0. The highest BCUT2D eigenvalue weighted by molar-refractivity contribution is 7.16. The SMILES string of the molecule is Clc1cccc(C2CC(NCc3ccc(Cl)s3)C2)c1. The van der Waals surface area contributed by atoms with Crippen molar-refractivity contribution in [3.63, 3.8) is 0 Å². The number of nitrogens with one attached hydrogen (secondary N) is 1. The average molecular weight is 312 g/mol. The zero-order valence-electron chi connectivity index (χ0n) is 10.4. The van der Waals surface area contributed by atoms with Crippen molar-refractivity contribution in [1.29, 1.82) is 0 Å². The monoisotopic (exact) mass is 311 g/mol. The van der Waals surface area contributed by atoms with E-state index in [-0.39, 0.29) is 0 Å². The standard InChI is InChI=1S/C15H15Cl2NS/c16-12-3-1-2-10(6-12)11-7-13(8-11)18-9-14-4-5-15(17)19-14/h1-6,11,13,18H,7-9H2. The fraction of sp³-hybridized carbons (Fsp3) is 0.333. The van der Waals surface area contributed by atoms with Crippen LogP contribution in [0, 0.1) is 0 Å². The molecule has 0 amide bonds. The molecule has 1 heterocycles. The molecule has 1 N–H and O–H groups in total. The molecule has 0 radical (unpaired) electrons. The lowest BCUT2D eigenvalue weighted by Crippen LogP contribution is -2.39. The lowest BCUT2D eigenvalue weighted by molar-refractivity contribution is 0.290. The molecule has 3 rings (SSSR count). The van der Waals surface area contributed by atoms with Crippen molar-refractivity contribution in [3.05, 3.63) is 56.2 Å². The fourth-order valence-corrected chi connectivity index (χ4v) is 3.75. The second kappa shape index (κ2) is 5.84. The maximum atomic E-state index is 6.02. The average Bonchev–Trinajstić information content (AvgIpc) is 2.73. The Morgan fingerprint density at radius 2 is 2.00 bits per heavy atom. The van der Waals surface area contributed by atoms with Gasteiger partial charge in [-0.25, -0.2) is 0 Å². The predicted octanol–water partition coefficient (Wildman–Crippen LogP) is 5.09. The van der Waals surface area contributed by atoms with Gasteiger partial charge in [-0.3, -0.25) is 0 Å². The molecule has 0 unspecified atom stereocenters. The normalized spacial score (nSPS) is 22.2. The maximum Gasteiger partial charge on any atom is 0.0931 e. The number of hydrogen-bond acceptors (Lipinski definition) is 2. The van der Waals surface area contributed by atoms with Crippen LogP contribution in [-0.2, 0) is 6.54 Å². The molecule has 1 nitrogen and oxygen atoms in total. The van der Waals surface area contributed by atoms with Crippen molar-refractivity contribution in [2.75, 3.05) is 0 Å². The first-order valence-corrected chi connectivity index (χ1v) is 8.01. The molecule has 0 atom stereocenters. The number of rotatable bonds is 4. The quantitative estimate of drug-likeness (QED) is 0.829. The van der Waals surface area contributed by atoms with Crippen LogP contribution in [-0.4, -0.2) is 6.04 Å². The molecule has 1 fully saturated rings. The lowest BCUT2D eigenvalue weighted by Gasteiger charge is -2.36. The smallest absolute Gasteiger partial charge is 0.0931 e. The van der Waals surface area contributed by atoms with Crippen LogP contribution in [0.15, 0.2) is 36.4 Å². The molecule has 0 spiro atoms. The molecule has 19 heavy (non-hydrogen) atoms. The summed E-state index contributed by atoms with van der Waals surface area (Å²) in [6, 6.07) is 12.9. The maximum absolute atomic E-state index is 6.02. The summed E-state index contributed by atoms with van der Waals surface area (Å²) in [5.41, 5.74) is 1.37. The van der Waals surface area contributed by atoms with E-state index in [1.165, 1.54) is 23.3 Å². The molecule has 0 aliphatic heterocycles. The molecule has 1 aliphatic rings. The Morgan fingerprint density at radius 3 is 2.68 bits per heavy atom. The Bertz CT molecular complexity index is 561. The fourth-order valence-electron chi connectivity index (χ4n) is 2.51. The summed E-state index contributed by atoms with van der Waals surface area (Å²) in [5, 5.41) is 4.42. The molecule has 4 heteroatoms. The van der Waals surface area contributed by atoms with E-state index in [0.29, 0.717) is 12.0 Å². The van der Waals surface area contributed by atoms with E-state index in [9.17, 15) is 0 Å². The highest BCUT2D eigenvalue weighted by atomic mass is 35.5. The van der Waals surface area contributed by atoms with Crippen molar-refractivity contribution in [1.82, 2.24) is 5.32 Å². The summed E-state index contributed by atoms with van der Waals surface area (Å²) in [4.78, 5) is 1.30. The molecule has 1 aromatic heterocycles. The van der Waals surface area contributed by atoms with Crippen molar-refractivity contribution in [3.8, 4) is 0 Å². The summed E-state index contributed by atoms with van der Waals surface area (Å²) >= 11 is 13.6. The molecule has 1 saturated carbocycles. The van der Waals surface area contributed by atoms with Crippen molar-refractivity contribution >= 4 is 34.5 Å². The minimum absolute atomic E-state index is 0.616. The van der Waals surface area contributed by atoms with Crippen molar-refractivity contribution in [2.24, 2.45) is 0 Å². The van der Waals surface area contributed by atoms with Gasteiger partial charge in [0.2, 0.25) is 0 Å². The van der Waals surface area contributed by atoms with Gasteiger partial charge in [-0.1, -0.05) is 35.3 Å². The summed E-state index contributed by atoms with van der Waals surface area (Å²) in [6.45, 7) is 0.921. The molecule has 1 aliphatic carbocycles. The van der Waals surface area contributed by atoms with E-state index in [0.717, 1.165) is 15.9 Å². The van der Waals surface area contributed by atoms with E-state index in [1.807, 2.05) is 18.2 Å². The zero-order chi connectivity index (χ0) is 13.2. The zero-order valence-corrected chi connectivity index (χ0v) is 12.7. The molecule has 0 saturated heterocycles. The largest absolute Gasteiger partial charge is 0.309 e. The van der Waals surface area contributed by atoms with Crippen LogP contribution in [0.5, 0.6) is 0 Å². The van der Waals surface area contributed by atoms with Gasteiger partial charge in [0, 0.05) is 22.5 Å². The number of benzene rings is 1. The second-order valence-corrected chi connectivity index (χ2v) is 7.24.